The Hall–Kier alpha value is -2.67. The molecule has 0 aliphatic rings. The number of nitrogen functional groups attached to an aromatic ring is 1. The third-order valence-electron chi connectivity index (χ3n) is 3.62. The number of hydrogen-bond acceptors (Lipinski definition) is 6. The van der Waals surface area contributed by atoms with Crippen LogP contribution in [-0.4, -0.2) is 34.3 Å². The summed E-state index contributed by atoms with van der Waals surface area (Å²) in [6.45, 7) is 2.61. The van der Waals surface area contributed by atoms with Gasteiger partial charge in [0.2, 0.25) is 5.16 Å². The number of rotatable bonds is 7. The predicted octanol–water partition coefficient (Wildman–Crippen LogP) is 3.15. The topological polar surface area (TPSA) is 75.2 Å². The highest BCUT2D eigenvalue weighted by Gasteiger charge is 2.15. The summed E-state index contributed by atoms with van der Waals surface area (Å²) in [5.74, 6) is 9.00. The van der Waals surface area contributed by atoms with Crippen LogP contribution in [0.15, 0.2) is 53.7 Å². The van der Waals surface area contributed by atoms with Gasteiger partial charge in [0.1, 0.15) is 11.5 Å². The zero-order valence-corrected chi connectivity index (χ0v) is 15.0. The van der Waals surface area contributed by atoms with E-state index >= 15 is 0 Å². The number of nitrogens with two attached hydrogens (primary N) is 1. The molecule has 130 valence electrons. The largest absolute Gasteiger partial charge is 0.496 e. The zero-order valence-electron chi connectivity index (χ0n) is 14.2. The first-order valence-electron chi connectivity index (χ1n) is 7.85. The lowest BCUT2D eigenvalue weighted by Gasteiger charge is -2.08. The molecule has 1 aromatic heterocycles. The maximum atomic E-state index is 6.14. The summed E-state index contributed by atoms with van der Waals surface area (Å²) >= 11 is 1.50. The molecule has 0 bridgehead atoms. The fourth-order valence-corrected chi connectivity index (χ4v) is 2.99. The van der Waals surface area contributed by atoms with Crippen molar-refractivity contribution >= 4 is 11.8 Å². The van der Waals surface area contributed by atoms with Crippen LogP contribution in [0.1, 0.15) is 5.56 Å². The smallest absolute Gasteiger partial charge is 0.210 e. The summed E-state index contributed by atoms with van der Waals surface area (Å²) in [6.07, 6.45) is 0. The Morgan fingerprint density at radius 3 is 2.60 bits per heavy atom. The molecular formula is C18H20N4O2S. The van der Waals surface area contributed by atoms with E-state index in [0.29, 0.717) is 23.3 Å². The van der Waals surface area contributed by atoms with Crippen molar-refractivity contribution in [3.63, 3.8) is 0 Å². The van der Waals surface area contributed by atoms with E-state index in [1.807, 2.05) is 55.5 Å². The third kappa shape index (κ3) is 4.06. The van der Waals surface area contributed by atoms with Gasteiger partial charge >= 0.3 is 0 Å². The first-order chi connectivity index (χ1) is 12.2. The van der Waals surface area contributed by atoms with Crippen LogP contribution in [0, 0.1) is 6.92 Å². The van der Waals surface area contributed by atoms with Crippen molar-refractivity contribution in [1.82, 2.24) is 14.9 Å². The lowest BCUT2D eigenvalue weighted by atomic mass is 10.2. The van der Waals surface area contributed by atoms with Crippen LogP contribution in [0.4, 0.5) is 0 Å². The Bertz CT molecular complexity index is 833. The van der Waals surface area contributed by atoms with E-state index in [-0.39, 0.29) is 0 Å². The lowest BCUT2D eigenvalue weighted by molar-refractivity contribution is 0.344. The highest BCUT2D eigenvalue weighted by atomic mass is 32.2. The summed E-state index contributed by atoms with van der Waals surface area (Å²) in [7, 11) is 1.62. The Balaban J connectivity index is 1.61. The average Bonchev–Trinajstić information content (AvgIpc) is 3.00. The maximum absolute atomic E-state index is 6.14. The van der Waals surface area contributed by atoms with Crippen LogP contribution in [0.3, 0.4) is 0 Å². The summed E-state index contributed by atoms with van der Waals surface area (Å²) < 4.78 is 12.5. The third-order valence-corrected chi connectivity index (χ3v) is 4.52. The molecule has 0 saturated carbocycles. The molecular weight excluding hydrogens is 336 g/mol. The second-order valence-electron chi connectivity index (χ2n) is 5.39. The van der Waals surface area contributed by atoms with E-state index in [9.17, 15) is 0 Å². The summed E-state index contributed by atoms with van der Waals surface area (Å²) in [5.41, 5.74) is 2.02. The van der Waals surface area contributed by atoms with Crippen molar-refractivity contribution in [3.05, 3.63) is 54.1 Å². The molecule has 0 aliphatic carbocycles. The standard InChI is InChI=1S/C18H20N4O2S/c1-13-7-9-14(10-8-13)24-11-12-25-18-21-20-17(22(18)19)15-5-3-4-6-16(15)23-2/h3-10H,11-12,19H2,1-2H3. The van der Waals surface area contributed by atoms with Crippen LogP contribution in [0.2, 0.25) is 0 Å². The highest BCUT2D eigenvalue weighted by Crippen LogP contribution is 2.29. The number of aryl methyl sites for hydroxylation is 1. The van der Waals surface area contributed by atoms with Crippen molar-refractivity contribution in [1.29, 1.82) is 0 Å². The number of aromatic nitrogens is 3. The van der Waals surface area contributed by atoms with Gasteiger partial charge in [-0.2, -0.15) is 0 Å². The maximum Gasteiger partial charge on any atom is 0.210 e. The molecule has 6 nitrogen and oxygen atoms in total. The second kappa shape index (κ2) is 7.94. The van der Waals surface area contributed by atoms with Crippen molar-refractivity contribution in [2.24, 2.45) is 0 Å². The number of para-hydroxylation sites is 1. The van der Waals surface area contributed by atoms with Crippen molar-refractivity contribution in [2.45, 2.75) is 12.1 Å². The normalized spacial score (nSPS) is 10.6. The summed E-state index contributed by atoms with van der Waals surface area (Å²) in [4.78, 5) is 0. The Morgan fingerprint density at radius 2 is 1.84 bits per heavy atom. The minimum absolute atomic E-state index is 0.560. The molecule has 2 aromatic carbocycles. The van der Waals surface area contributed by atoms with E-state index in [1.165, 1.54) is 22.0 Å². The van der Waals surface area contributed by atoms with Gasteiger partial charge in [-0.25, -0.2) is 4.68 Å². The molecule has 3 aromatic rings. The number of nitrogens with zero attached hydrogens (tertiary/aromatic N) is 3. The first kappa shape index (κ1) is 17.2. The molecule has 0 aliphatic heterocycles. The fraction of sp³-hybridized carbons (Fsp3) is 0.222. The van der Waals surface area contributed by atoms with Gasteiger partial charge in [-0.15, -0.1) is 10.2 Å². The number of benzene rings is 2. The first-order valence-corrected chi connectivity index (χ1v) is 8.83. The molecule has 0 spiro atoms. The Labute approximate surface area is 150 Å². The molecule has 0 atom stereocenters. The van der Waals surface area contributed by atoms with Crippen molar-refractivity contribution in [2.75, 3.05) is 25.3 Å². The van der Waals surface area contributed by atoms with Gasteiger partial charge in [0.25, 0.3) is 0 Å². The number of ether oxygens (including phenoxy) is 2. The van der Waals surface area contributed by atoms with E-state index < -0.39 is 0 Å². The highest BCUT2D eigenvalue weighted by molar-refractivity contribution is 7.99. The molecule has 0 saturated heterocycles. The SMILES string of the molecule is COc1ccccc1-c1nnc(SCCOc2ccc(C)cc2)n1N. The molecule has 0 fully saturated rings. The lowest BCUT2D eigenvalue weighted by Crippen LogP contribution is -2.12. The predicted molar refractivity (Wildman–Crippen MR) is 99.6 cm³/mol. The van der Waals surface area contributed by atoms with Gasteiger partial charge in [-0.05, 0) is 31.2 Å². The molecule has 25 heavy (non-hydrogen) atoms. The van der Waals surface area contributed by atoms with Crippen molar-refractivity contribution < 1.29 is 9.47 Å². The zero-order chi connectivity index (χ0) is 17.6. The fourth-order valence-electron chi connectivity index (χ4n) is 2.32. The van der Waals surface area contributed by atoms with Crippen molar-refractivity contribution in [3.8, 4) is 22.9 Å². The average molecular weight is 356 g/mol. The molecule has 0 radical (unpaired) electrons. The molecule has 7 heteroatoms. The second-order valence-corrected chi connectivity index (χ2v) is 6.45. The van der Waals surface area contributed by atoms with Crippen LogP contribution in [-0.2, 0) is 0 Å². The minimum atomic E-state index is 0.560. The molecule has 3 rings (SSSR count). The monoisotopic (exact) mass is 356 g/mol. The number of methoxy groups -OCH3 is 1. The quantitative estimate of drug-likeness (QED) is 0.398. The van der Waals surface area contributed by atoms with Gasteiger partial charge in [0, 0.05) is 5.75 Å². The van der Waals surface area contributed by atoms with Gasteiger partial charge in [-0.1, -0.05) is 41.6 Å². The summed E-state index contributed by atoms with van der Waals surface area (Å²) in [6, 6.07) is 15.6. The summed E-state index contributed by atoms with van der Waals surface area (Å²) in [5, 5.41) is 8.98. The van der Waals surface area contributed by atoms with Crippen LogP contribution in [0.25, 0.3) is 11.4 Å². The Morgan fingerprint density at radius 1 is 1.08 bits per heavy atom. The van der Waals surface area contributed by atoms with Gasteiger partial charge < -0.3 is 15.3 Å². The van der Waals surface area contributed by atoms with E-state index in [0.717, 1.165) is 17.1 Å². The van der Waals surface area contributed by atoms with Crippen LogP contribution < -0.4 is 15.3 Å². The number of thioether (sulfide) groups is 1. The van der Waals surface area contributed by atoms with E-state index in [4.69, 9.17) is 15.3 Å². The molecule has 2 N–H and O–H groups in total. The molecule has 0 amide bonds. The Kier molecular flexibility index (Phi) is 5.45. The van der Waals surface area contributed by atoms with Crippen LogP contribution >= 0.6 is 11.8 Å². The molecule has 1 heterocycles. The van der Waals surface area contributed by atoms with Gasteiger partial charge in [-0.3, -0.25) is 0 Å². The minimum Gasteiger partial charge on any atom is -0.496 e. The van der Waals surface area contributed by atoms with Gasteiger partial charge in [0.05, 0.1) is 19.3 Å². The number of hydrogen-bond donors (Lipinski definition) is 1. The molecule has 0 unspecified atom stereocenters. The van der Waals surface area contributed by atoms with E-state index in [2.05, 4.69) is 10.2 Å². The van der Waals surface area contributed by atoms with Crippen LogP contribution in [0.5, 0.6) is 11.5 Å². The van der Waals surface area contributed by atoms with E-state index in [1.54, 1.807) is 7.11 Å². The van der Waals surface area contributed by atoms with Gasteiger partial charge in [0.15, 0.2) is 5.82 Å².